The topological polar surface area (TPSA) is 62.3 Å². The van der Waals surface area contributed by atoms with Crippen molar-refractivity contribution in [3.63, 3.8) is 0 Å². The van der Waals surface area contributed by atoms with Crippen LogP contribution in [0.5, 0.6) is 0 Å². The van der Waals surface area contributed by atoms with Gasteiger partial charge in [0, 0.05) is 25.5 Å². The van der Waals surface area contributed by atoms with E-state index >= 15 is 0 Å². The van der Waals surface area contributed by atoms with E-state index in [1.165, 1.54) is 5.56 Å². The zero-order valence-electron chi connectivity index (χ0n) is 16.9. The first-order valence-corrected chi connectivity index (χ1v) is 11.8. The van der Waals surface area contributed by atoms with Gasteiger partial charge in [-0.25, -0.2) is 13.1 Å². The van der Waals surface area contributed by atoms with Crippen LogP contribution in [-0.2, 0) is 16.6 Å². The van der Waals surface area contributed by atoms with Gasteiger partial charge in [-0.05, 0) is 66.7 Å². The Bertz CT molecular complexity index is 1030. The number of aromatic nitrogens is 1. The molecule has 1 N–H and O–H groups in total. The SMILES string of the molecule is O=S(=O)(NCC1CCN(Cc2cccnc2)CC1)c1ccc(-c2ccccc2)cc1. The van der Waals surface area contributed by atoms with Crippen molar-refractivity contribution in [2.24, 2.45) is 5.92 Å². The summed E-state index contributed by atoms with van der Waals surface area (Å²) >= 11 is 0. The molecule has 156 valence electrons. The number of likely N-dealkylation sites (tertiary alicyclic amines) is 1. The molecule has 4 rings (SSSR count). The molecule has 0 radical (unpaired) electrons. The standard InChI is InChI=1S/C24H27N3O2S/c28-30(29,24-10-8-23(9-11-24)22-6-2-1-3-7-22)26-18-20-12-15-27(16-13-20)19-21-5-4-14-25-17-21/h1-11,14,17,20,26H,12-13,15-16,18-19H2. The molecule has 5 nitrogen and oxygen atoms in total. The van der Waals surface area contributed by atoms with Gasteiger partial charge in [-0.1, -0.05) is 48.5 Å². The Balaban J connectivity index is 1.28. The monoisotopic (exact) mass is 421 g/mol. The minimum atomic E-state index is -3.49. The number of pyridine rings is 1. The average molecular weight is 422 g/mol. The highest BCUT2D eigenvalue weighted by molar-refractivity contribution is 7.89. The number of piperidine rings is 1. The third-order valence-corrected chi connectivity index (χ3v) is 7.11. The highest BCUT2D eigenvalue weighted by Gasteiger charge is 2.22. The molecule has 3 aromatic rings. The first-order chi connectivity index (χ1) is 14.6. The zero-order valence-corrected chi connectivity index (χ0v) is 17.8. The third kappa shape index (κ3) is 5.33. The predicted octanol–water partition coefficient (Wildman–Crippen LogP) is 3.94. The molecule has 0 amide bonds. The van der Waals surface area contributed by atoms with Gasteiger partial charge in [0.05, 0.1) is 4.90 Å². The molecule has 0 spiro atoms. The van der Waals surface area contributed by atoms with E-state index < -0.39 is 10.0 Å². The fourth-order valence-electron chi connectivity index (χ4n) is 3.87. The highest BCUT2D eigenvalue weighted by Crippen LogP contribution is 2.22. The lowest BCUT2D eigenvalue weighted by atomic mass is 9.97. The van der Waals surface area contributed by atoms with Gasteiger partial charge in [0.15, 0.2) is 0 Å². The molecule has 1 aliphatic heterocycles. The molecule has 1 fully saturated rings. The van der Waals surface area contributed by atoms with Crippen molar-refractivity contribution in [3.05, 3.63) is 84.7 Å². The molecule has 0 unspecified atom stereocenters. The Morgan fingerprint density at radius 1 is 0.900 bits per heavy atom. The number of nitrogens with one attached hydrogen (secondary N) is 1. The molecule has 0 atom stereocenters. The van der Waals surface area contributed by atoms with Gasteiger partial charge in [-0.15, -0.1) is 0 Å². The molecule has 1 aliphatic rings. The van der Waals surface area contributed by atoms with Crippen LogP contribution in [0.2, 0.25) is 0 Å². The fourth-order valence-corrected chi connectivity index (χ4v) is 4.98. The summed E-state index contributed by atoms with van der Waals surface area (Å²) in [4.78, 5) is 6.89. The molecular formula is C24H27N3O2S. The van der Waals surface area contributed by atoms with Crippen molar-refractivity contribution in [3.8, 4) is 11.1 Å². The smallest absolute Gasteiger partial charge is 0.240 e. The van der Waals surface area contributed by atoms with Gasteiger partial charge in [0.25, 0.3) is 0 Å². The van der Waals surface area contributed by atoms with Gasteiger partial charge in [0.1, 0.15) is 0 Å². The van der Waals surface area contributed by atoms with E-state index in [1.54, 1.807) is 18.3 Å². The Morgan fingerprint density at radius 2 is 1.60 bits per heavy atom. The number of hydrogen-bond donors (Lipinski definition) is 1. The molecule has 30 heavy (non-hydrogen) atoms. The Hall–Kier alpha value is -2.54. The number of sulfonamides is 1. The summed E-state index contributed by atoms with van der Waals surface area (Å²) in [5, 5.41) is 0. The molecule has 2 heterocycles. The van der Waals surface area contributed by atoms with E-state index in [2.05, 4.69) is 20.7 Å². The van der Waals surface area contributed by atoms with E-state index in [1.807, 2.05) is 54.7 Å². The molecule has 1 aromatic heterocycles. The molecule has 2 aromatic carbocycles. The van der Waals surface area contributed by atoms with Crippen LogP contribution in [0.3, 0.4) is 0 Å². The summed E-state index contributed by atoms with van der Waals surface area (Å²) in [7, 11) is -3.49. The van der Waals surface area contributed by atoms with Crippen molar-refractivity contribution in [1.82, 2.24) is 14.6 Å². The number of benzene rings is 2. The van der Waals surface area contributed by atoms with Crippen molar-refractivity contribution >= 4 is 10.0 Å². The maximum absolute atomic E-state index is 12.7. The van der Waals surface area contributed by atoms with Crippen LogP contribution < -0.4 is 4.72 Å². The summed E-state index contributed by atoms with van der Waals surface area (Å²) < 4.78 is 28.2. The van der Waals surface area contributed by atoms with Crippen LogP contribution >= 0.6 is 0 Å². The van der Waals surface area contributed by atoms with Gasteiger partial charge in [0.2, 0.25) is 10.0 Å². The maximum Gasteiger partial charge on any atom is 0.240 e. The molecular weight excluding hydrogens is 394 g/mol. The Morgan fingerprint density at radius 3 is 2.27 bits per heavy atom. The van der Waals surface area contributed by atoms with Crippen LogP contribution in [0.1, 0.15) is 18.4 Å². The second-order valence-corrected chi connectivity index (χ2v) is 9.59. The summed E-state index contributed by atoms with van der Waals surface area (Å²) in [6.07, 6.45) is 5.69. The molecule has 0 bridgehead atoms. The number of nitrogens with zero attached hydrogens (tertiary/aromatic N) is 2. The van der Waals surface area contributed by atoms with E-state index in [0.717, 1.165) is 43.6 Å². The van der Waals surface area contributed by atoms with Crippen LogP contribution in [-0.4, -0.2) is 37.9 Å². The largest absolute Gasteiger partial charge is 0.299 e. The lowest BCUT2D eigenvalue weighted by Crippen LogP contribution is -2.38. The van der Waals surface area contributed by atoms with E-state index in [4.69, 9.17) is 0 Å². The minimum absolute atomic E-state index is 0.316. The second-order valence-electron chi connectivity index (χ2n) is 7.82. The lowest BCUT2D eigenvalue weighted by molar-refractivity contribution is 0.178. The molecule has 1 saturated heterocycles. The fraction of sp³-hybridized carbons (Fsp3) is 0.292. The third-order valence-electron chi connectivity index (χ3n) is 5.67. The molecule has 0 aliphatic carbocycles. The minimum Gasteiger partial charge on any atom is -0.299 e. The lowest BCUT2D eigenvalue weighted by Gasteiger charge is -2.31. The summed E-state index contributed by atoms with van der Waals surface area (Å²) in [6, 6.07) is 21.1. The zero-order chi connectivity index (χ0) is 20.8. The normalized spacial score (nSPS) is 15.9. The van der Waals surface area contributed by atoms with E-state index in [0.29, 0.717) is 17.4 Å². The van der Waals surface area contributed by atoms with Crippen molar-refractivity contribution in [2.45, 2.75) is 24.3 Å². The quantitative estimate of drug-likeness (QED) is 0.628. The Kier molecular flexibility index (Phi) is 6.57. The predicted molar refractivity (Wildman–Crippen MR) is 119 cm³/mol. The second kappa shape index (κ2) is 9.51. The Labute approximate surface area is 178 Å². The van der Waals surface area contributed by atoms with Crippen molar-refractivity contribution in [1.29, 1.82) is 0 Å². The summed E-state index contributed by atoms with van der Waals surface area (Å²) in [6.45, 7) is 3.35. The highest BCUT2D eigenvalue weighted by atomic mass is 32.2. The van der Waals surface area contributed by atoms with Crippen LogP contribution in [0.25, 0.3) is 11.1 Å². The van der Waals surface area contributed by atoms with Gasteiger partial charge in [-0.3, -0.25) is 9.88 Å². The first kappa shape index (κ1) is 20.7. The summed E-state index contributed by atoms with van der Waals surface area (Å²) in [5.74, 6) is 0.369. The van der Waals surface area contributed by atoms with E-state index in [-0.39, 0.29) is 0 Å². The average Bonchev–Trinajstić information content (AvgIpc) is 2.80. The van der Waals surface area contributed by atoms with Crippen LogP contribution in [0.15, 0.2) is 84.0 Å². The maximum atomic E-state index is 12.7. The van der Waals surface area contributed by atoms with Crippen molar-refractivity contribution < 1.29 is 8.42 Å². The molecule has 0 saturated carbocycles. The van der Waals surface area contributed by atoms with Gasteiger partial charge in [-0.2, -0.15) is 0 Å². The first-order valence-electron chi connectivity index (χ1n) is 10.4. The number of rotatable bonds is 7. The van der Waals surface area contributed by atoms with Crippen LogP contribution in [0, 0.1) is 5.92 Å². The van der Waals surface area contributed by atoms with Gasteiger partial charge < -0.3 is 0 Å². The summed E-state index contributed by atoms with van der Waals surface area (Å²) in [5.41, 5.74) is 3.30. The van der Waals surface area contributed by atoms with Gasteiger partial charge >= 0.3 is 0 Å². The molecule has 6 heteroatoms. The van der Waals surface area contributed by atoms with Crippen LogP contribution in [0.4, 0.5) is 0 Å². The van der Waals surface area contributed by atoms with E-state index in [9.17, 15) is 8.42 Å². The van der Waals surface area contributed by atoms with Crippen molar-refractivity contribution in [2.75, 3.05) is 19.6 Å². The number of hydrogen-bond acceptors (Lipinski definition) is 4.